The van der Waals surface area contributed by atoms with Gasteiger partial charge in [0.2, 0.25) is 17.6 Å². The molecular weight excluding hydrogens is 556 g/mol. The number of rotatable bonds is 15. The van der Waals surface area contributed by atoms with Crippen molar-refractivity contribution in [2.75, 3.05) is 0 Å². The Bertz CT molecular complexity index is 1410. The van der Waals surface area contributed by atoms with Crippen molar-refractivity contribution in [3.8, 4) is 0 Å². The SMILES string of the molecule is CC(C)NC(=O)CC[C@H](NC(=O)[C@@H](CC(=O)c1cc2ccccc2[nH]1)CC1CCCCC1)C(=O)C(=O)NCc1ccccc1. The van der Waals surface area contributed by atoms with Crippen LogP contribution < -0.4 is 16.0 Å². The first kappa shape index (κ1) is 32.6. The number of nitrogens with one attached hydrogen (secondary N) is 4. The van der Waals surface area contributed by atoms with Crippen molar-refractivity contribution in [3.63, 3.8) is 0 Å². The Morgan fingerprint density at radius 2 is 1.59 bits per heavy atom. The standard InChI is InChI=1S/C35H44N4O5/c1-23(2)37-32(41)18-17-29(33(42)35(44)36-22-25-13-7-4-8-14-25)39-34(43)27(19-24-11-5-3-6-12-24)21-31(40)30-20-26-15-9-10-16-28(26)38-30/h4,7-10,13-16,20,23-24,27,29,38H,3,5-6,11-12,17-19,21-22H2,1-2H3,(H,36,44)(H,37,41)(H,39,43)/t27-,29+/m1/s1. The molecule has 3 amide bonds. The van der Waals surface area contributed by atoms with E-state index < -0.39 is 29.6 Å². The monoisotopic (exact) mass is 600 g/mol. The summed E-state index contributed by atoms with van der Waals surface area (Å²) in [5.74, 6) is -2.93. The summed E-state index contributed by atoms with van der Waals surface area (Å²) in [6.07, 6.45) is 5.74. The van der Waals surface area contributed by atoms with Crippen LogP contribution in [0.4, 0.5) is 0 Å². The maximum Gasteiger partial charge on any atom is 0.289 e. The highest BCUT2D eigenvalue weighted by Gasteiger charge is 2.33. The van der Waals surface area contributed by atoms with E-state index in [1.165, 1.54) is 0 Å². The minimum atomic E-state index is -1.20. The fraction of sp³-hybridized carbons (Fsp3) is 0.457. The van der Waals surface area contributed by atoms with Gasteiger partial charge in [0.05, 0.1) is 11.7 Å². The molecule has 1 saturated carbocycles. The first-order chi connectivity index (χ1) is 21.2. The third kappa shape index (κ3) is 9.62. The Morgan fingerprint density at radius 1 is 0.886 bits per heavy atom. The second-order valence-electron chi connectivity index (χ2n) is 12.2. The fourth-order valence-corrected chi connectivity index (χ4v) is 5.92. The Kier molecular flexibility index (Phi) is 11.9. The molecule has 4 rings (SSSR count). The van der Waals surface area contributed by atoms with Gasteiger partial charge < -0.3 is 20.9 Å². The first-order valence-corrected chi connectivity index (χ1v) is 15.8. The van der Waals surface area contributed by atoms with Crippen molar-refractivity contribution >= 4 is 40.2 Å². The van der Waals surface area contributed by atoms with E-state index in [1.54, 1.807) is 6.07 Å². The number of aromatic amines is 1. The van der Waals surface area contributed by atoms with Gasteiger partial charge in [-0.25, -0.2) is 0 Å². The van der Waals surface area contributed by atoms with Gasteiger partial charge in [0.15, 0.2) is 5.78 Å². The number of ketones is 2. The van der Waals surface area contributed by atoms with Crippen molar-refractivity contribution in [3.05, 3.63) is 71.9 Å². The Morgan fingerprint density at radius 3 is 2.30 bits per heavy atom. The summed E-state index contributed by atoms with van der Waals surface area (Å²) in [7, 11) is 0. The molecule has 0 radical (unpaired) electrons. The highest BCUT2D eigenvalue weighted by atomic mass is 16.2. The lowest BCUT2D eigenvalue weighted by atomic mass is 9.80. The van der Waals surface area contributed by atoms with Crippen molar-refractivity contribution in [2.45, 2.75) is 90.3 Å². The number of H-pyrrole nitrogens is 1. The number of hydrogen-bond donors (Lipinski definition) is 4. The molecule has 234 valence electrons. The second kappa shape index (κ2) is 16.0. The lowest BCUT2D eigenvalue weighted by molar-refractivity contribution is -0.141. The number of fused-ring (bicyclic) bond motifs is 1. The summed E-state index contributed by atoms with van der Waals surface area (Å²) in [5, 5.41) is 9.12. The van der Waals surface area contributed by atoms with Gasteiger partial charge in [-0.1, -0.05) is 80.6 Å². The predicted octanol–water partition coefficient (Wildman–Crippen LogP) is 5.00. The number of amides is 3. The molecule has 1 fully saturated rings. The molecule has 44 heavy (non-hydrogen) atoms. The number of para-hydroxylation sites is 1. The van der Waals surface area contributed by atoms with E-state index in [0.717, 1.165) is 48.6 Å². The van der Waals surface area contributed by atoms with Crippen molar-refractivity contribution in [1.82, 2.24) is 20.9 Å². The van der Waals surface area contributed by atoms with Gasteiger partial charge in [-0.3, -0.25) is 24.0 Å². The number of aromatic nitrogens is 1. The molecule has 0 bridgehead atoms. The predicted molar refractivity (Wildman–Crippen MR) is 170 cm³/mol. The summed E-state index contributed by atoms with van der Waals surface area (Å²) in [6.45, 7) is 3.82. The molecule has 0 unspecified atom stereocenters. The highest BCUT2D eigenvalue weighted by Crippen LogP contribution is 2.31. The van der Waals surface area contributed by atoms with Crippen LogP contribution in [0, 0.1) is 11.8 Å². The fourth-order valence-electron chi connectivity index (χ4n) is 5.92. The molecule has 9 nitrogen and oxygen atoms in total. The number of Topliss-reactive ketones (excluding diaryl/α,β-unsaturated/α-hetero) is 2. The average molecular weight is 601 g/mol. The molecule has 0 aliphatic heterocycles. The maximum absolute atomic E-state index is 13.8. The lowest BCUT2D eigenvalue weighted by Crippen LogP contribution is -2.49. The normalized spacial score (nSPS) is 15.0. The van der Waals surface area contributed by atoms with Crippen LogP contribution >= 0.6 is 0 Å². The van der Waals surface area contributed by atoms with E-state index >= 15 is 0 Å². The van der Waals surface area contributed by atoms with E-state index in [2.05, 4.69) is 20.9 Å². The van der Waals surface area contributed by atoms with Crippen LogP contribution in [0.15, 0.2) is 60.7 Å². The molecule has 1 heterocycles. The van der Waals surface area contributed by atoms with E-state index in [0.29, 0.717) is 18.0 Å². The molecule has 2 aromatic carbocycles. The second-order valence-corrected chi connectivity index (χ2v) is 12.2. The summed E-state index contributed by atoms with van der Waals surface area (Å²) in [6, 6.07) is 17.3. The number of carbonyl (C=O) groups excluding carboxylic acids is 5. The van der Waals surface area contributed by atoms with Gasteiger partial charge >= 0.3 is 0 Å². The van der Waals surface area contributed by atoms with Gasteiger partial charge in [0.25, 0.3) is 5.91 Å². The van der Waals surface area contributed by atoms with E-state index in [9.17, 15) is 24.0 Å². The van der Waals surface area contributed by atoms with Gasteiger partial charge in [-0.15, -0.1) is 0 Å². The Balaban J connectivity index is 1.49. The van der Waals surface area contributed by atoms with Crippen LogP contribution in [0.1, 0.15) is 87.7 Å². The zero-order chi connectivity index (χ0) is 31.5. The molecule has 2 atom stereocenters. The number of hydrogen-bond acceptors (Lipinski definition) is 5. The van der Waals surface area contributed by atoms with E-state index in [4.69, 9.17) is 0 Å². The molecular formula is C35H44N4O5. The first-order valence-electron chi connectivity index (χ1n) is 15.8. The summed E-state index contributed by atoms with van der Waals surface area (Å²) >= 11 is 0. The molecule has 4 N–H and O–H groups in total. The summed E-state index contributed by atoms with van der Waals surface area (Å²) < 4.78 is 0. The van der Waals surface area contributed by atoms with Gasteiger partial charge in [-0.2, -0.15) is 0 Å². The van der Waals surface area contributed by atoms with Gasteiger partial charge in [0, 0.05) is 42.2 Å². The molecule has 1 aromatic heterocycles. The number of benzene rings is 2. The largest absolute Gasteiger partial charge is 0.354 e. The van der Waals surface area contributed by atoms with Crippen LogP contribution in [-0.2, 0) is 25.7 Å². The van der Waals surface area contributed by atoms with Crippen LogP contribution in [0.5, 0.6) is 0 Å². The third-order valence-electron chi connectivity index (χ3n) is 8.24. The lowest BCUT2D eigenvalue weighted by Gasteiger charge is -2.27. The van der Waals surface area contributed by atoms with Crippen molar-refractivity contribution in [1.29, 1.82) is 0 Å². The summed E-state index contributed by atoms with van der Waals surface area (Å²) in [5.41, 5.74) is 2.11. The topological polar surface area (TPSA) is 137 Å². The quantitative estimate of drug-likeness (QED) is 0.144. The van der Waals surface area contributed by atoms with Gasteiger partial charge in [-0.05, 0) is 50.3 Å². The molecule has 3 aromatic rings. The van der Waals surface area contributed by atoms with Crippen LogP contribution in [-0.4, -0.2) is 46.4 Å². The minimum absolute atomic E-state index is 0.0237. The van der Waals surface area contributed by atoms with Crippen LogP contribution in [0.3, 0.4) is 0 Å². The van der Waals surface area contributed by atoms with Crippen LogP contribution in [0.2, 0.25) is 0 Å². The zero-order valence-corrected chi connectivity index (χ0v) is 25.7. The molecule has 9 heteroatoms. The molecule has 0 spiro atoms. The molecule has 1 aliphatic rings. The van der Waals surface area contributed by atoms with Gasteiger partial charge in [0.1, 0.15) is 0 Å². The maximum atomic E-state index is 13.8. The van der Waals surface area contributed by atoms with Crippen molar-refractivity contribution < 1.29 is 24.0 Å². The minimum Gasteiger partial charge on any atom is -0.354 e. The third-order valence-corrected chi connectivity index (χ3v) is 8.24. The molecule has 0 saturated heterocycles. The van der Waals surface area contributed by atoms with E-state index in [1.807, 2.05) is 68.4 Å². The average Bonchev–Trinajstić information content (AvgIpc) is 3.46. The smallest absolute Gasteiger partial charge is 0.289 e. The van der Waals surface area contributed by atoms with Crippen LogP contribution in [0.25, 0.3) is 10.9 Å². The highest BCUT2D eigenvalue weighted by molar-refractivity contribution is 6.38. The number of carbonyl (C=O) groups is 5. The van der Waals surface area contributed by atoms with Crippen molar-refractivity contribution in [2.24, 2.45) is 11.8 Å². The Hall–Kier alpha value is -4.27. The van der Waals surface area contributed by atoms with E-state index in [-0.39, 0.29) is 43.5 Å². The molecule has 1 aliphatic carbocycles. The summed E-state index contributed by atoms with van der Waals surface area (Å²) in [4.78, 5) is 69.2. The zero-order valence-electron chi connectivity index (χ0n) is 25.7. The Labute approximate surface area is 258 Å².